The predicted octanol–water partition coefficient (Wildman–Crippen LogP) is 2.45. The molecule has 0 saturated heterocycles. The molecular weight excluding hydrogens is 243 g/mol. The van der Waals surface area contributed by atoms with Crippen LogP contribution < -0.4 is 5.73 Å². The molecule has 0 aliphatic heterocycles. The molecule has 2 nitrogen and oxygen atoms in total. The van der Waals surface area contributed by atoms with Crippen LogP contribution in [-0.2, 0) is 24.9 Å². The molecule has 0 heterocycles. The highest BCUT2D eigenvalue weighted by atomic mass is 19.4. The van der Waals surface area contributed by atoms with Crippen molar-refractivity contribution in [1.82, 2.24) is 0 Å². The second-order valence-corrected chi connectivity index (χ2v) is 5.17. The maximum absolute atomic E-state index is 13.0. The summed E-state index contributed by atoms with van der Waals surface area (Å²) in [6.45, 7) is 0. The lowest BCUT2D eigenvalue weighted by Crippen LogP contribution is -2.40. The number of rotatable bonds is 0. The highest BCUT2D eigenvalue weighted by Gasteiger charge is 2.59. The molecule has 1 aromatic rings. The molecule has 98 valence electrons. The van der Waals surface area contributed by atoms with E-state index in [1.165, 1.54) is 0 Å². The fourth-order valence-electron chi connectivity index (χ4n) is 3.25. The molecule has 2 aliphatic carbocycles. The minimum Gasteiger partial charge on any atom is -0.398 e. The normalized spacial score (nSPS) is 26.2. The lowest BCUT2D eigenvalue weighted by atomic mass is 9.90. The van der Waals surface area contributed by atoms with Crippen molar-refractivity contribution in [3.8, 4) is 0 Å². The number of aryl methyl sites for hydroxylation is 2. The van der Waals surface area contributed by atoms with E-state index in [0.717, 1.165) is 24.0 Å². The monoisotopic (exact) mass is 257 g/mol. The van der Waals surface area contributed by atoms with Crippen LogP contribution in [0.4, 0.5) is 18.9 Å². The number of nitrogens with two attached hydrogens (primary N) is 1. The molecule has 5 heteroatoms. The molecule has 0 aromatic heterocycles. The minimum absolute atomic E-state index is 0.0874. The number of nitrogen functional groups attached to an aromatic ring is 1. The van der Waals surface area contributed by atoms with Gasteiger partial charge in [-0.25, -0.2) is 0 Å². The summed E-state index contributed by atoms with van der Waals surface area (Å²) in [5.41, 5.74) is 5.64. The second-order valence-electron chi connectivity index (χ2n) is 5.17. The summed E-state index contributed by atoms with van der Waals surface area (Å²) in [6, 6.07) is 1.80. The third kappa shape index (κ3) is 1.34. The van der Waals surface area contributed by atoms with Crippen molar-refractivity contribution >= 4 is 5.69 Å². The molecule has 1 aromatic carbocycles. The molecule has 0 unspecified atom stereocenters. The Hall–Kier alpha value is -1.23. The van der Waals surface area contributed by atoms with E-state index >= 15 is 0 Å². The summed E-state index contributed by atoms with van der Waals surface area (Å²) in [4.78, 5) is 0. The fourth-order valence-corrected chi connectivity index (χ4v) is 3.25. The molecule has 0 radical (unpaired) electrons. The standard InChI is InChI=1S/C13H14F3NO/c14-13(15,16)12(18)5-4-8-6-7-2-1-3-9(7)11(17)10(8)12/h6,18H,1-5,17H2/t12-/m1/s1. The van der Waals surface area contributed by atoms with E-state index in [2.05, 4.69) is 0 Å². The predicted molar refractivity (Wildman–Crippen MR) is 61.2 cm³/mol. The largest absolute Gasteiger partial charge is 0.421 e. The summed E-state index contributed by atoms with van der Waals surface area (Å²) in [5.74, 6) is 0. The summed E-state index contributed by atoms with van der Waals surface area (Å²) >= 11 is 0. The Kier molecular flexibility index (Phi) is 2.24. The van der Waals surface area contributed by atoms with E-state index < -0.39 is 11.8 Å². The van der Waals surface area contributed by atoms with Gasteiger partial charge in [0.2, 0.25) is 0 Å². The molecular formula is C13H14F3NO. The Labute approximate surface area is 103 Å². The first-order chi connectivity index (χ1) is 8.34. The Balaban J connectivity index is 2.24. The number of fused-ring (bicyclic) bond motifs is 2. The average molecular weight is 257 g/mol. The van der Waals surface area contributed by atoms with E-state index in [1.807, 2.05) is 0 Å². The number of anilines is 1. The van der Waals surface area contributed by atoms with Gasteiger partial charge in [0, 0.05) is 11.3 Å². The van der Waals surface area contributed by atoms with E-state index in [4.69, 9.17) is 5.73 Å². The summed E-state index contributed by atoms with van der Waals surface area (Å²) in [5, 5.41) is 9.99. The maximum Gasteiger partial charge on any atom is 0.421 e. The van der Waals surface area contributed by atoms with E-state index in [1.54, 1.807) is 6.07 Å². The Morgan fingerprint density at radius 1 is 1.17 bits per heavy atom. The molecule has 0 fully saturated rings. The molecule has 0 bridgehead atoms. The van der Waals surface area contributed by atoms with Crippen molar-refractivity contribution in [1.29, 1.82) is 0 Å². The van der Waals surface area contributed by atoms with Crippen molar-refractivity contribution in [2.45, 2.75) is 43.9 Å². The molecule has 0 saturated carbocycles. The lowest BCUT2D eigenvalue weighted by molar-refractivity contribution is -0.265. The van der Waals surface area contributed by atoms with Gasteiger partial charge >= 0.3 is 6.18 Å². The number of halogens is 3. The van der Waals surface area contributed by atoms with Gasteiger partial charge in [0.15, 0.2) is 5.60 Å². The van der Waals surface area contributed by atoms with Crippen molar-refractivity contribution in [3.63, 3.8) is 0 Å². The molecule has 3 rings (SSSR count). The average Bonchev–Trinajstić information content (AvgIpc) is 2.84. The third-order valence-electron chi connectivity index (χ3n) is 4.16. The minimum atomic E-state index is -4.67. The van der Waals surface area contributed by atoms with Gasteiger partial charge in [-0.2, -0.15) is 13.2 Å². The molecule has 0 amide bonds. The second kappa shape index (κ2) is 3.41. The first-order valence-electron chi connectivity index (χ1n) is 6.07. The van der Waals surface area contributed by atoms with Gasteiger partial charge in [0.25, 0.3) is 0 Å². The van der Waals surface area contributed by atoms with E-state index in [9.17, 15) is 18.3 Å². The summed E-state index contributed by atoms with van der Waals surface area (Å²) < 4.78 is 39.1. The zero-order valence-electron chi connectivity index (χ0n) is 9.77. The highest BCUT2D eigenvalue weighted by Crippen LogP contribution is 2.52. The van der Waals surface area contributed by atoms with Crippen LogP contribution in [0, 0.1) is 0 Å². The fraction of sp³-hybridized carbons (Fsp3) is 0.538. The van der Waals surface area contributed by atoms with Crippen LogP contribution in [0.5, 0.6) is 0 Å². The number of hydrogen-bond donors (Lipinski definition) is 2. The number of alkyl halides is 3. The summed E-state index contributed by atoms with van der Waals surface area (Å²) in [6.07, 6.45) is -2.24. The van der Waals surface area contributed by atoms with Crippen molar-refractivity contribution in [3.05, 3.63) is 28.3 Å². The first kappa shape index (κ1) is 11.8. The van der Waals surface area contributed by atoms with E-state index in [-0.39, 0.29) is 24.1 Å². The van der Waals surface area contributed by atoms with Crippen LogP contribution in [0.15, 0.2) is 6.07 Å². The van der Waals surface area contributed by atoms with Crippen LogP contribution in [0.2, 0.25) is 0 Å². The first-order valence-corrected chi connectivity index (χ1v) is 6.07. The lowest BCUT2D eigenvalue weighted by Gasteiger charge is -2.28. The highest BCUT2D eigenvalue weighted by molar-refractivity contribution is 5.65. The third-order valence-corrected chi connectivity index (χ3v) is 4.16. The van der Waals surface area contributed by atoms with Crippen LogP contribution >= 0.6 is 0 Å². The number of hydrogen-bond acceptors (Lipinski definition) is 2. The topological polar surface area (TPSA) is 46.2 Å². The van der Waals surface area contributed by atoms with Crippen molar-refractivity contribution < 1.29 is 18.3 Å². The quantitative estimate of drug-likeness (QED) is 0.701. The Morgan fingerprint density at radius 3 is 2.56 bits per heavy atom. The molecule has 1 atom stereocenters. The van der Waals surface area contributed by atoms with Gasteiger partial charge in [0.05, 0.1) is 0 Å². The van der Waals surface area contributed by atoms with Crippen LogP contribution in [0.1, 0.15) is 35.1 Å². The van der Waals surface area contributed by atoms with Crippen LogP contribution in [-0.4, -0.2) is 11.3 Å². The van der Waals surface area contributed by atoms with Crippen molar-refractivity contribution in [2.24, 2.45) is 0 Å². The van der Waals surface area contributed by atoms with Gasteiger partial charge in [-0.05, 0) is 48.8 Å². The zero-order chi connectivity index (χ0) is 13.1. The SMILES string of the molecule is Nc1c2c(cc3c1[C@@](O)(C(F)(F)F)CC3)CCC2. The Bertz CT molecular complexity index is 524. The Morgan fingerprint density at radius 2 is 1.89 bits per heavy atom. The molecule has 3 N–H and O–H groups in total. The smallest absolute Gasteiger partial charge is 0.398 e. The van der Waals surface area contributed by atoms with Gasteiger partial charge < -0.3 is 10.8 Å². The van der Waals surface area contributed by atoms with E-state index in [0.29, 0.717) is 12.0 Å². The molecule has 0 spiro atoms. The number of benzene rings is 1. The molecule has 18 heavy (non-hydrogen) atoms. The van der Waals surface area contributed by atoms with Crippen molar-refractivity contribution in [2.75, 3.05) is 5.73 Å². The maximum atomic E-state index is 13.0. The van der Waals surface area contributed by atoms with Gasteiger partial charge in [-0.15, -0.1) is 0 Å². The van der Waals surface area contributed by atoms with Gasteiger partial charge in [0.1, 0.15) is 0 Å². The van der Waals surface area contributed by atoms with Crippen LogP contribution in [0.25, 0.3) is 0 Å². The molecule has 2 aliphatic rings. The van der Waals surface area contributed by atoms with Gasteiger partial charge in [-0.3, -0.25) is 0 Å². The van der Waals surface area contributed by atoms with Crippen LogP contribution in [0.3, 0.4) is 0 Å². The summed E-state index contributed by atoms with van der Waals surface area (Å²) in [7, 11) is 0. The van der Waals surface area contributed by atoms with Gasteiger partial charge in [-0.1, -0.05) is 6.07 Å². The zero-order valence-corrected chi connectivity index (χ0v) is 9.77. The number of aliphatic hydroxyl groups is 1.